The summed E-state index contributed by atoms with van der Waals surface area (Å²) in [4.78, 5) is 17.2. The van der Waals surface area contributed by atoms with Gasteiger partial charge in [0.1, 0.15) is 11.6 Å². The quantitative estimate of drug-likeness (QED) is 0.317. The zero-order valence-corrected chi connectivity index (χ0v) is 24.7. The fourth-order valence-electron chi connectivity index (χ4n) is 4.30. The van der Waals surface area contributed by atoms with Crippen LogP contribution in [-0.2, 0) is 23.2 Å². The molecule has 1 fully saturated rings. The molecule has 4 rings (SSSR count). The maximum atomic E-state index is 13.3. The fourth-order valence-corrected chi connectivity index (χ4v) is 4.80. The van der Waals surface area contributed by atoms with Crippen LogP contribution < -0.4 is 10.1 Å². The highest BCUT2D eigenvalue weighted by Gasteiger charge is 2.27. The summed E-state index contributed by atoms with van der Waals surface area (Å²) in [5.41, 5.74) is 1.96. The molecular weight excluding hydrogens is 545 g/mol. The van der Waals surface area contributed by atoms with E-state index in [-0.39, 0.29) is 22.8 Å². The van der Waals surface area contributed by atoms with Crippen LogP contribution in [0.4, 0.5) is 9.18 Å². The van der Waals surface area contributed by atoms with Gasteiger partial charge in [-0.3, -0.25) is 4.55 Å². The first-order chi connectivity index (χ1) is 19.5. The van der Waals surface area contributed by atoms with Gasteiger partial charge in [-0.25, -0.2) is 9.18 Å². The number of halogens is 1. The van der Waals surface area contributed by atoms with Crippen molar-refractivity contribution in [3.8, 4) is 5.75 Å². The van der Waals surface area contributed by atoms with Crippen LogP contribution in [-0.4, -0.2) is 61.6 Å². The summed E-state index contributed by atoms with van der Waals surface area (Å²) in [6.45, 7) is 7.78. The van der Waals surface area contributed by atoms with E-state index >= 15 is 0 Å². The number of carbonyl (C=O) groups is 1. The van der Waals surface area contributed by atoms with Crippen molar-refractivity contribution in [1.29, 1.82) is 0 Å². The van der Waals surface area contributed by atoms with Gasteiger partial charge in [-0.2, -0.15) is 8.42 Å². The minimum atomic E-state index is -4.00. The normalized spacial score (nSPS) is 14.2. The molecule has 3 aromatic rings. The first-order valence-electron chi connectivity index (χ1n) is 13.7. The number of likely N-dealkylation sites (tertiary alicyclic amines) is 1. The third-order valence-corrected chi connectivity index (χ3v) is 7.52. The Labute approximate surface area is 242 Å². The number of amides is 2. The van der Waals surface area contributed by atoms with Gasteiger partial charge < -0.3 is 19.9 Å². The summed E-state index contributed by atoms with van der Waals surface area (Å²) >= 11 is 0. The predicted molar refractivity (Wildman–Crippen MR) is 158 cm³/mol. The average Bonchev–Trinajstić information content (AvgIpc) is 2.96. The van der Waals surface area contributed by atoms with Gasteiger partial charge >= 0.3 is 6.03 Å². The number of nitrogens with zero attached hydrogens (tertiary/aromatic N) is 2. The van der Waals surface area contributed by atoms with E-state index in [2.05, 4.69) is 31.1 Å². The molecule has 3 aromatic carbocycles. The number of hydrogen-bond acceptors (Lipinski definition) is 5. The van der Waals surface area contributed by atoms with E-state index in [4.69, 9.17) is 9.29 Å². The number of piperidine rings is 1. The Hall–Kier alpha value is -3.47. The largest absolute Gasteiger partial charge is 0.493 e. The van der Waals surface area contributed by atoms with Gasteiger partial charge in [-0.1, -0.05) is 56.3 Å². The van der Waals surface area contributed by atoms with Crippen molar-refractivity contribution >= 4 is 16.1 Å². The van der Waals surface area contributed by atoms with Crippen LogP contribution in [0.25, 0.3) is 0 Å². The number of carbonyl (C=O) groups excluding carboxylic acids is 1. The van der Waals surface area contributed by atoms with E-state index in [0.717, 1.165) is 42.8 Å². The molecule has 0 atom stereocenters. The minimum Gasteiger partial charge on any atom is -0.493 e. The van der Waals surface area contributed by atoms with E-state index in [1.54, 1.807) is 30.3 Å². The summed E-state index contributed by atoms with van der Waals surface area (Å²) in [6, 6.07) is 21.8. The second kappa shape index (κ2) is 15.5. The van der Waals surface area contributed by atoms with E-state index in [1.165, 1.54) is 24.3 Å². The molecule has 10 heteroatoms. The molecule has 8 nitrogen and oxygen atoms in total. The van der Waals surface area contributed by atoms with Gasteiger partial charge in [0.05, 0.1) is 11.5 Å². The number of nitrogens with one attached hydrogen (secondary N) is 1. The molecule has 2 amide bonds. The molecule has 0 saturated carbocycles. The standard InChI is InChI=1S/C25H34FN3O2.C6H6O3S/c1-19(2)18-31-24-10-6-20(7-11-24)16-27-25(30)29(23-12-14-28(3)15-13-23)17-21-4-8-22(26)9-5-21;7-10(8,9)6-4-2-1-3-5-6/h4-11,19,23H,12-18H2,1-3H3,(H,27,30);1-5H,(H,7,8,9). The Morgan fingerprint density at radius 1 is 1.00 bits per heavy atom. The molecule has 1 aliphatic rings. The third-order valence-electron chi connectivity index (χ3n) is 6.65. The smallest absolute Gasteiger partial charge is 0.318 e. The number of hydrogen-bond donors (Lipinski definition) is 2. The number of rotatable bonds is 9. The summed E-state index contributed by atoms with van der Waals surface area (Å²) in [6.07, 6.45) is 1.88. The lowest BCUT2D eigenvalue weighted by molar-refractivity contribution is 0.127. The van der Waals surface area contributed by atoms with Gasteiger partial charge in [-0.15, -0.1) is 0 Å². The Kier molecular flexibility index (Phi) is 12.1. The molecule has 222 valence electrons. The third kappa shape index (κ3) is 11.1. The van der Waals surface area contributed by atoms with Crippen molar-refractivity contribution in [1.82, 2.24) is 15.1 Å². The maximum Gasteiger partial charge on any atom is 0.318 e. The van der Waals surface area contributed by atoms with Crippen molar-refractivity contribution in [2.75, 3.05) is 26.7 Å². The first kappa shape index (κ1) is 32.0. The van der Waals surface area contributed by atoms with Crippen LogP contribution in [0.15, 0.2) is 83.8 Å². The van der Waals surface area contributed by atoms with Crippen molar-refractivity contribution < 1.29 is 26.9 Å². The SMILES string of the molecule is CC(C)COc1ccc(CNC(=O)N(Cc2ccc(F)cc2)C2CCN(C)CC2)cc1.O=S(=O)(O)c1ccccc1. The maximum absolute atomic E-state index is 13.3. The molecule has 0 radical (unpaired) electrons. The van der Waals surface area contributed by atoms with Crippen molar-refractivity contribution in [2.45, 2.75) is 50.7 Å². The second-order valence-electron chi connectivity index (χ2n) is 10.6. The van der Waals surface area contributed by atoms with E-state index in [9.17, 15) is 17.6 Å². The Morgan fingerprint density at radius 2 is 1.59 bits per heavy atom. The van der Waals surface area contributed by atoms with Crippen LogP contribution in [0, 0.1) is 11.7 Å². The van der Waals surface area contributed by atoms with Crippen LogP contribution in [0.3, 0.4) is 0 Å². The van der Waals surface area contributed by atoms with Crippen LogP contribution in [0.5, 0.6) is 5.75 Å². The van der Waals surface area contributed by atoms with Gasteiger partial charge in [0, 0.05) is 19.1 Å². The average molecular weight is 586 g/mol. The molecule has 1 heterocycles. The zero-order chi connectivity index (χ0) is 29.8. The molecule has 0 spiro atoms. The van der Waals surface area contributed by atoms with Crippen LogP contribution in [0.2, 0.25) is 0 Å². The molecule has 1 aliphatic heterocycles. The van der Waals surface area contributed by atoms with Crippen LogP contribution in [0.1, 0.15) is 37.8 Å². The van der Waals surface area contributed by atoms with Gasteiger partial charge in [0.15, 0.2) is 0 Å². The highest BCUT2D eigenvalue weighted by Crippen LogP contribution is 2.20. The fraction of sp³-hybridized carbons (Fsp3) is 0.387. The Bertz CT molecular complexity index is 1310. The van der Waals surface area contributed by atoms with E-state index in [1.807, 2.05) is 29.2 Å². The van der Waals surface area contributed by atoms with Crippen LogP contribution >= 0.6 is 0 Å². The molecule has 1 saturated heterocycles. The number of urea groups is 1. The summed E-state index contributed by atoms with van der Waals surface area (Å²) in [7, 11) is -1.90. The molecule has 0 unspecified atom stereocenters. The van der Waals surface area contributed by atoms with Gasteiger partial charge in [0.25, 0.3) is 10.1 Å². The van der Waals surface area contributed by atoms with E-state index < -0.39 is 10.1 Å². The van der Waals surface area contributed by atoms with Crippen molar-refractivity contribution in [3.05, 3.63) is 95.8 Å². The summed E-state index contributed by atoms with van der Waals surface area (Å²) < 4.78 is 48.3. The van der Waals surface area contributed by atoms with E-state index in [0.29, 0.717) is 25.6 Å². The lowest BCUT2D eigenvalue weighted by Gasteiger charge is -2.37. The minimum absolute atomic E-state index is 0.0741. The Balaban J connectivity index is 0.000000389. The molecule has 0 aromatic heterocycles. The molecule has 41 heavy (non-hydrogen) atoms. The second-order valence-corrected chi connectivity index (χ2v) is 12.0. The number of ether oxygens (including phenoxy) is 1. The predicted octanol–water partition coefficient (Wildman–Crippen LogP) is 5.60. The molecule has 0 bridgehead atoms. The first-order valence-corrected chi connectivity index (χ1v) is 15.2. The lowest BCUT2D eigenvalue weighted by Crippen LogP contribution is -2.49. The number of benzene rings is 3. The zero-order valence-electron chi connectivity index (χ0n) is 23.9. The molecular formula is C31H40FN3O5S. The summed E-state index contributed by atoms with van der Waals surface area (Å²) in [5, 5.41) is 3.07. The van der Waals surface area contributed by atoms with Gasteiger partial charge in [0.2, 0.25) is 0 Å². The monoisotopic (exact) mass is 585 g/mol. The Morgan fingerprint density at radius 3 is 2.12 bits per heavy atom. The summed E-state index contributed by atoms with van der Waals surface area (Å²) in [5.74, 6) is 1.05. The van der Waals surface area contributed by atoms with Gasteiger partial charge in [-0.05, 0) is 86.4 Å². The molecule has 2 N–H and O–H groups in total. The van der Waals surface area contributed by atoms with Crippen molar-refractivity contribution in [3.63, 3.8) is 0 Å². The molecule has 0 aliphatic carbocycles. The highest BCUT2D eigenvalue weighted by atomic mass is 32.2. The topological polar surface area (TPSA) is 99.2 Å². The van der Waals surface area contributed by atoms with Crippen molar-refractivity contribution in [2.24, 2.45) is 5.92 Å². The highest BCUT2D eigenvalue weighted by molar-refractivity contribution is 7.85. The lowest BCUT2D eigenvalue weighted by atomic mass is 10.0.